The molecule has 0 spiro atoms. The van der Waals surface area contributed by atoms with Crippen LogP contribution in [0.15, 0.2) is 12.1 Å². The van der Waals surface area contributed by atoms with Crippen molar-refractivity contribution in [2.75, 3.05) is 6.54 Å². The van der Waals surface area contributed by atoms with E-state index < -0.39 is 35.5 Å². The Morgan fingerprint density at radius 1 is 1.43 bits per heavy atom. The Morgan fingerprint density at radius 3 is 2.76 bits per heavy atom. The van der Waals surface area contributed by atoms with Crippen molar-refractivity contribution >= 4 is 23.5 Å². The number of rotatable bonds is 4. The van der Waals surface area contributed by atoms with Crippen molar-refractivity contribution in [2.24, 2.45) is 5.92 Å². The molecule has 2 atom stereocenters. The Hall–Kier alpha value is -1.73. The van der Waals surface area contributed by atoms with Gasteiger partial charge in [0.25, 0.3) is 0 Å². The summed E-state index contributed by atoms with van der Waals surface area (Å²) in [6, 6.07) is 1.42. The molecular formula is C13H13ClF2N2O3. The first-order valence-electron chi connectivity index (χ1n) is 6.26. The summed E-state index contributed by atoms with van der Waals surface area (Å²) in [6.07, 6.45) is 0.141. The number of carbonyl (C=O) groups is 2. The van der Waals surface area contributed by atoms with Crippen molar-refractivity contribution in [3.05, 3.63) is 34.4 Å². The molecule has 3 N–H and O–H groups in total. The SMILES string of the molecule is O=C(O)C1CNC(C(=O)NCc2c(F)ccc(Cl)c2F)C1. The fourth-order valence-corrected chi connectivity index (χ4v) is 2.33. The zero-order valence-corrected chi connectivity index (χ0v) is 11.6. The molecule has 1 aliphatic heterocycles. The zero-order valence-electron chi connectivity index (χ0n) is 10.8. The highest BCUT2D eigenvalue weighted by atomic mass is 35.5. The van der Waals surface area contributed by atoms with Gasteiger partial charge in [-0.05, 0) is 18.6 Å². The summed E-state index contributed by atoms with van der Waals surface area (Å²) in [7, 11) is 0. The van der Waals surface area contributed by atoms with Crippen molar-refractivity contribution in [1.82, 2.24) is 10.6 Å². The summed E-state index contributed by atoms with van der Waals surface area (Å²) in [4.78, 5) is 22.6. The molecule has 2 unspecified atom stereocenters. The molecule has 5 nitrogen and oxygen atoms in total. The van der Waals surface area contributed by atoms with Gasteiger partial charge in [-0.1, -0.05) is 11.6 Å². The van der Waals surface area contributed by atoms with Crippen LogP contribution in [0.4, 0.5) is 8.78 Å². The summed E-state index contributed by atoms with van der Waals surface area (Å²) in [5, 5.41) is 13.7. The minimum absolute atomic E-state index is 0.141. The Bertz CT molecular complexity index is 583. The molecule has 1 aliphatic rings. The summed E-state index contributed by atoms with van der Waals surface area (Å²) in [6.45, 7) is -0.166. The van der Waals surface area contributed by atoms with Gasteiger partial charge in [0.1, 0.15) is 11.6 Å². The van der Waals surface area contributed by atoms with Crippen molar-refractivity contribution in [3.63, 3.8) is 0 Å². The van der Waals surface area contributed by atoms with Gasteiger partial charge in [0.15, 0.2) is 0 Å². The zero-order chi connectivity index (χ0) is 15.6. The van der Waals surface area contributed by atoms with Crippen LogP contribution < -0.4 is 10.6 Å². The standard InChI is InChI=1S/C13H13ClF2N2O3/c14-8-1-2-9(15)7(11(8)16)5-18-12(19)10-3-6(4-17-10)13(20)21/h1-2,6,10,17H,3-5H2,(H,18,19)(H,20,21). The second-order valence-corrected chi connectivity index (χ2v) is 5.18. The van der Waals surface area contributed by atoms with Gasteiger partial charge in [0.2, 0.25) is 5.91 Å². The molecule has 1 saturated heterocycles. The topological polar surface area (TPSA) is 78.4 Å². The van der Waals surface area contributed by atoms with Gasteiger partial charge in [0, 0.05) is 18.7 Å². The predicted molar refractivity (Wildman–Crippen MR) is 70.7 cm³/mol. The number of hydrogen-bond acceptors (Lipinski definition) is 3. The smallest absolute Gasteiger partial charge is 0.307 e. The lowest BCUT2D eigenvalue weighted by atomic mass is 10.1. The molecule has 0 saturated carbocycles. The van der Waals surface area contributed by atoms with Gasteiger partial charge < -0.3 is 15.7 Å². The number of nitrogens with one attached hydrogen (secondary N) is 2. The maximum absolute atomic E-state index is 13.6. The third-order valence-corrected chi connectivity index (χ3v) is 3.67. The van der Waals surface area contributed by atoms with E-state index in [4.69, 9.17) is 16.7 Å². The lowest BCUT2D eigenvalue weighted by Gasteiger charge is -2.12. The molecular weight excluding hydrogens is 306 g/mol. The van der Waals surface area contributed by atoms with E-state index in [9.17, 15) is 18.4 Å². The van der Waals surface area contributed by atoms with Crippen molar-refractivity contribution < 1.29 is 23.5 Å². The molecule has 0 radical (unpaired) electrons. The minimum Gasteiger partial charge on any atom is -0.481 e. The van der Waals surface area contributed by atoms with Crippen LogP contribution in [0.25, 0.3) is 0 Å². The first kappa shape index (κ1) is 15.7. The molecule has 2 rings (SSSR count). The molecule has 1 heterocycles. The lowest BCUT2D eigenvalue weighted by Crippen LogP contribution is -2.40. The summed E-state index contributed by atoms with van der Waals surface area (Å²) >= 11 is 5.55. The van der Waals surface area contributed by atoms with Gasteiger partial charge in [-0.3, -0.25) is 9.59 Å². The number of halogens is 3. The highest BCUT2D eigenvalue weighted by molar-refractivity contribution is 6.30. The molecule has 114 valence electrons. The lowest BCUT2D eigenvalue weighted by molar-refractivity contribution is -0.141. The van der Waals surface area contributed by atoms with Crippen LogP contribution in [-0.4, -0.2) is 29.6 Å². The maximum Gasteiger partial charge on any atom is 0.307 e. The molecule has 0 aromatic heterocycles. The molecule has 0 bridgehead atoms. The number of carboxylic acid groups (broad SMARTS) is 1. The van der Waals surface area contributed by atoms with Crippen LogP contribution in [0, 0.1) is 17.6 Å². The minimum atomic E-state index is -0.982. The molecule has 21 heavy (non-hydrogen) atoms. The number of benzene rings is 1. The van der Waals surface area contributed by atoms with Gasteiger partial charge in [-0.25, -0.2) is 8.78 Å². The van der Waals surface area contributed by atoms with E-state index in [2.05, 4.69) is 10.6 Å². The molecule has 1 amide bonds. The average molecular weight is 319 g/mol. The molecule has 1 aromatic carbocycles. The van der Waals surface area contributed by atoms with Crippen LogP contribution in [0.1, 0.15) is 12.0 Å². The second-order valence-electron chi connectivity index (χ2n) is 4.77. The Balaban J connectivity index is 1.96. The first-order valence-corrected chi connectivity index (χ1v) is 6.64. The maximum atomic E-state index is 13.6. The fraction of sp³-hybridized carbons (Fsp3) is 0.385. The predicted octanol–water partition coefficient (Wildman–Crippen LogP) is 1.30. The van der Waals surface area contributed by atoms with Gasteiger partial charge in [-0.2, -0.15) is 0 Å². The van der Waals surface area contributed by atoms with Gasteiger partial charge in [0.05, 0.1) is 17.0 Å². The van der Waals surface area contributed by atoms with Crippen LogP contribution >= 0.6 is 11.6 Å². The number of carboxylic acids is 1. The van der Waals surface area contributed by atoms with E-state index in [1.54, 1.807) is 0 Å². The molecule has 1 fully saturated rings. The summed E-state index contributed by atoms with van der Waals surface area (Å²) in [5.74, 6) is -3.84. The Kier molecular flexibility index (Phi) is 4.74. The van der Waals surface area contributed by atoms with Crippen LogP contribution in [-0.2, 0) is 16.1 Å². The Morgan fingerprint density at radius 2 is 2.14 bits per heavy atom. The number of carbonyl (C=O) groups excluding carboxylic acids is 1. The first-order chi connectivity index (χ1) is 9.90. The normalized spacial score (nSPS) is 21.3. The van der Waals surface area contributed by atoms with Gasteiger partial charge in [-0.15, -0.1) is 0 Å². The second kappa shape index (κ2) is 6.36. The summed E-state index contributed by atoms with van der Waals surface area (Å²) < 4.78 is 27.1. The summed E-state index contributed by atoms with van der Waals surface area (Å²) in [5.41, 5.74) is -0.330. The molecule has 8 heteroatoms. The van der Waals surface area contributed by atoms with E-state index in [-0.39, 0.29) is 30.1 Å². The highest BCUT2D eigenvalue weighted by Gasteiger charge is 2.33. The highest BCUT2D eigenvalue weighted by Crippen LogP contribution is 2.21. The fourth-order valence-electron chi connectivity index (χ4n) is 2.15. The van der Waals surface area contributed by atoms with Crippen LogP contribution in [0.2, 0.25) is 5.02 Å². The number of amides is 1. The quantitative estimate of drug-likeness (QED) is 0.731. The number of hydrogen-bond donors (Lipinski definition) is 3. The monoisotopic (exact) mass is 318 g/mol. The largest absolute Gasteiger partial charge is 0.481 e. The van der Waals surface area contributed by atoms with Crippen molar-refractivity contribution in [3.8, 4) is 0 Å². The van der Waals surface area contributed by atoms with E-state index in [1.807, 2.05) is 0 Å². The van der Waals surface area contributed by atoms with Crippen molar-refractivity contribution in [1.29, 1.82) is 0 Å². The molecule has 1 aromatic rings. The van der Waals surface area contributed by atoms with Crippen LogP contribution in [0.5, 0.6) is 0 Å². The van der Waals surface area contributed by atoms with Crippen molar-refractivity contribution in [2.45, 2.75) is 19.0 Å². The third kappa shape index (κ3) is 3.48. The van der Waals surface area contributed by atoms with E-state index in [0.717, 1.165) is 12.1 Å². The number of aliphatic carboxylic acids is 1. The van der Waals surface area contributed by atoms with Crippen LogP contribution in [0.3, 0.4) is 0 Å². The van der Waals surface area contributed by atoms with Gasteiger partial charge >= 0.3 is 5.97 Å². The third-order valence-electron chi connectivity index (χ3n) is 3.37. The van der Waals surface area contributed by atoms with E-state index >= 15 is 0 Å². The molecule has 0 aliphatic carbocycles. The van der Waals surface area contributed by atoms with E-state index in [0.29, 0.717) is 0 Å². The van der Waals surface area contributed by atoms with E-state index in [1.165, 1.54) is 0 Å². The Labute approximate surface area is 124 Å². The average Bonchev–Trinajstić information content (AvgIpc) is 2.93.